The van der Waals surface area contributed by atoms with Gasteiger partial charge in [0.2, 0.25) is 11.5 Å². The van der Waals surface area contributed by atoms with Gasteiger partial charge in [0, 0.05) is 21.7 Å². The van der Waals surface area contributed by atoms with Gasteiger partial charge in [-0.1, -0.05) is 11.2 Å². The molecule has 1 aromatic carbocycles. The first kappa shape index (κ1) is 18.1. The zero-order chi connectivity index (χ0) is 18.7. The van der Waals surface area contributed by atoms with E-state index in [1.807, 2.05) is 0 Å². The Kier molecular flexibility index (Phi) is 5.07. The summed E-state index contributed by atoms with van der Waals surface area (Å²) in [5.41, 5.74) is 1.85. The molecule has 3 N–H and O–H groups in total. The van der Waals surface area contributed by atoms with Crippen LogP contribution in [-0.2, 0) is 16.1 Å². The number of fused-ring (bicyclic) bond motifs is 1. The van der Waals surface area contributed by atoms with Crippen molar-refractivity contribution in [1.82, 2.24) is 15.6 Å². The SMILES string of the molecule is CS(=N)(=O)CCCOc1nonc1C(=NO)NC1Cc2ccc(F)cc21. The summed E-state index contributed by atoms with van der Waals surface area (Å²) in [6, 6.07) is 4.30. The van der Waals surface area contributed by atoms with Crippen molar-refractivity contribution in [2.45, 2.75) is 18.9 Å². The van der Waals surface area contributed by atoms with E-state index in [0.717, 1.165) is 11.1 Å². The van der Waals surface area contributed by atoms with Crippen LogP contribution in [0.5, 0.6) is 5.88 Å². The van der Waals surface area contributed by atoms with Crippen molar-refractivity contribution in [3.8, 4) is 5.88 Å². The predicted molar refractivity (Wildman–Crippen MR) is 90.4 cm³/mol. The second-order valence-electron chi connectivity index (χ2n) is 6.02. The van der Waals surface area contributed by atoms with Gasteiger partial charge in [-0.25, -0.2) is 9.02 Å². The lowest BCUT2D eigenvalue weighted by atomic mass is 9.83. The highest BCUT2D eigenvalue weighted by atomic mass is 32.2. The van der Waals surface area contributed by atoms with E-state index in [1.165, 1.54) is 18.4 Å². The number of amidine groups is 1. The van der Waals surface area contributed by atoms with Gasteiger partial charge in [-0.15, -0.1) is 0 Å². The van der Waals surface area contributed by atoms with Gasteiger partial charge in [-0.3, -0.25) is 8.99 Å². The minimum absolute atomic E-state index is 0.0108. The van der Waals surface area contributed by atoms with E-state index in [1.54, 1.807) is 6.07 Å². The minimum Gasteiger partial charge on any atom is -0.474 e. The third-order valence-electron chi connectivity index (χ3n) is 3.92. The molecule has 1 aromatic heterocycles. The third kappa shape index (κ3) is 4.10. The van der Waals surface area contributed by atoms with Crippen LogP contribution in [0, 0.1) is 10.6 Å². The summed E-state index contributed by atoms with van der Waals surface area (Å²) in [4.78, 5) is 0. The molecule has 2 atom stereocenters. The maximum atomic E-state index is 13.4. The van der Waals surface area contributed by atoms with Crippen molar-refractivity contribution in [2.24, 2.45) is 5.16 Å². The van der Waals surface area contributed by atoms with Crippen LogP contribution >= 0.6 is 0 Å². The number of nitrogens with zero attached hydrogens (tertiary/aromatic N) is 3. The highest BCUT2D eigenvalue weighted by Crippen LogP contribution is 2.33. The molecule has 0 fully saturated rings. The number of halogens is 1. The second kappa shape index (κ2) is 7.28. The molecule has 0 bridgehead atoms. The molecule has 1 aliphatic carbocycles. The minimum atomic E-state index is -2.59. The van der Waals surface area contributed by atoms with Crippen molar-refractivity contribution >= 4 is 15.6 Å². The van der Waals surface area contributed by atoms with Gasteiger partial charge in [0.25, 0.3) is 5.88 Å². The second-order valence-corrected chi connectivity index (χ2v) is 8.44. The first-order chi connectivity index (χ1) is 12.4. The van der Waals surface area contributed by atoms with Crippen LogP contribution in [0.25, 0.3) is 0 Å². The van der Waals surface area contributed by atoms with Gasteiger partial charge >= 0.3 is 0 Å². The van der Waals surface area contributed by atoms with E-state index in [2.05, 4.69) is 25.4 Å². The van der Waals surface area contributed by atoms with Crippen LogP contribution in [0.4, 0.5) is 4.39 Å². The summed E-state index contributed by atoms with van der Waals surface area (Å²) in [6.07, 6.45) is 2.39. The Hall–Kier alpha value is -2.69. The highest BCUT2D eigenvalue weighted by molar-refractivity contribution is 7.91. The van der Waals surface area contributed by atoms with Gasteiger partial charge in [0.15, 0.2) is 0 Å². The van der Waals surface area contributed by atoms with Crippen molar-refractivity contribution in [2.75, 3.05) is 18.6 Å². The fourth-order valence-corrected chi connectivity index (χ4v) is 3.30. The molecular weight excluding hydrogens is 365 g/mol. The molecule has 9 nitrogen and oxygen atoms in total. The Balaban J connectivity index is 1.64. The van der Waals surface area contributed by atoms with Gasteiger partial charge < -0.3 is 15.3 Å². The molecule has 0 saturated carbocycles. The monoisotopic (exact) mass is 383 g/mol. The summed E-state index contributed by atoms with van der Waals surface area (Å²) < 4.78 is 42.1. The van der Waals surface area contributed by atoms with Crippen molar-refractivity contribution in [3.63, 3.8) is 0 Å². The number of hydrogen-bond acceptors (Lipinski definition) is 8. The summed E-state index contributed by atoms with van der Waals surface area (Å²) >= 11 is 0. The smallest absolute Gasteiger partial charge is 0.287 e. The van der Waals surface area contributed by atoms with Gasteiger partial charge in [-0.2, -0.15) is 0 Å². The number of ether oxygens (including phenoxy) is 1. The molecule has 1 heterocycles. The Morgan fingerprint density at radius 2 is 2.38 bits per heavy atom. The zero-order valence-corrected chi connectivity index (χ0v) is 14.8. The molecule has 0 amide bonds. The summed E-state index contributed by atoms with van der Waals surface area (Å²) in [6.45, 7) is 0.154. The van der Waals surface area contributed by atoms with Crippen molar-refractivity contribution in [3.05, 3.63) is 40.8 Å². The van der Waals surface area contributed by atoms with E-state index in [4.69, 9.17) is 9.52 Å². The predicted octanol–water partition coefficient (Wildman–Crippen LogP) is 1.68. The number of aromatic nitrogens is 2. The van der Waals surface area contributed by atoms with Gasteiger partial charge in [0.1, 0.15) is 5.82 Å². The molecule has 0 aliphatic heterocycles. The van der Waals surface area contributed by atoms with Crippen LogP contribution in [0.15, 0.2) is 28.0 Å². The number of hydrogen-bond donors (Lipinski definition) is 3. The molecule has 2 unspecified atom stereocenters. The van der Waals surface area contributed by atoms with Crippen LogP contribution in [0.1, 0.15) is 29.3 Å². The lowest BCUT2D eigenvalue weighted by Crippen LogP contribution is -2.36. The Labute approximate surface area is 149 Å². The van der Waals surface area contributed by atoms with Crippen molar-refractivity contribution in [1.29, 1.82) is 4.78 Å². The van der Waals surface area contributed by atoms with Gasteiger partial charge in [-0.05, 0) is 46.4 Å². The summed E-state index contributed by atoms with van der Waals surface area (Å²) in [5, 5.41) is 22.7. The number of nitrogens with one attached hydrogen (secondary N) is 2. The fraction of sp³-hybridized carbons (Fsp3) is 0.400. The first-order valence-electron chi connectivity index (χ1n) is 7.81. The zero-order valence-electron chi connectivity index (χ0n) is 13.9. The summed E-state index contributed by atoms with van der Waals surface area (Å²) in [5.74, 6) is -0.151. The van der Waals surface area contributed by atoms with E-state index in [-0.39, 0.29) is 41.6 Å². The average molecular weight is 383 g/mol. The average Bonchev–Trinajstić information content (AvgIpc) is 3.02. The Bertz CT molecular complexity index is 928. The number of oxime groups is 1. The molecule has 0 radical (unpaired) electrons. The van der Waals surface area contributed by atoms with E-state index < -0.39 is 9.73 Å². The molecule has 0 spiro atoms. The molecular formula is C15H18FN5O4S. The number of benzene rings is 1. The van der Waals surface area contributed by atoms with E-state index in [0.29, 0.717) is 12.8 Å². The lowest BCUT2D eigenvalue weighted by Gasteiger charge is -2.31. The molecule has 11 heteroatoms. The Morgan fingerprint density at radius 3 is 3.12 bits per heavy atom. The number of rotatable bonds is 7. The molecule has 0 saturated heterocycles. The quantitative estimate of drug-likeness (QED) is 0.218. The molecule has 26 heavy (non-hydrogen) atoms. The molecule has 1 aliphatic rings. The maximum Gasteiger partial charge on any atom is 0.287 e. The summed E-state index contributed by atoms with van der Waals surface area (Å²) in [7, 11) is -2.59. The van der Waals surface area contributed by atoms with Gasteiger partial charge in [0.05, 0.1) is 12.6 Å². The highest BCUT2D eigenvalue weighted by Gasteiger charge is 2.30. The molecule has 140 valence electrons. The largest absolute Gasteiger partial charge is 0.474 e. The van der Waals surface area contributed by atoms with E-state index >= 15 is 0 Å². The van der Waals surface area contributed by atoms with Crippen LogP contribution in [0.2, 0.25) is 0 Å². The third-order valence-corrected chi connectivity index (χ3v) is 4.99. The molecule has 3 rings (SSSR count). The first-order valence-corrected chi connectivity index (χ1v) is 9.95. The van der Waals surface area contributed by atoms with E-state index in [9.17, 15) is 13.8 Å². The molecule has 2 aromatic rings. The van der Waals surface area contributed by atoms with Crippen LogP contribution in [0.3, 0.4) is 0 Å². The standard InChI is InChI=1S/C15H18FN5O4S/c1-26(17,23)6-2-5-24-15-13(20-25-21-15)14(19-22)18-12-7-9-3-4-10(16)8-11(9)12/h3-4,8,12,17,22H,2,5-7H2,1H3,(H,18,19). The van der Waals surface area contributed by atoms with Crippen LogP contribution in [-0.4, -0.2) is 44.2 Å². The maximum absolute atomic E-state index is 13.4. The Morgan fingerprint density at radius 1 is 1.58 bits per heavy atom. The van der Waals surface area contributed by atoms with Crippen molar-refractivity contribution < 1.29 is 23.2 Å². The normalized spacial score (nSPS) is 18.5. The topological polar surface area (TPSA) is 134 Å². The van der Waals surface area contributed by atoms with Crippen LogP contribution < -0.4 is 10.1 Å². The fourth-order valence-electron chi connectivity index (χ4n) is 2.64. The lowest BCUT2D eigenvalue weighted by molar-refractivity contribution is 0.256.